The summed E-state index contributed by atoms with van der Waals surface area (Å²) in [5, 5.41) is 0. The maximum Gasteiger partial charge on any atom is 0.122 e. The highest BCUT2D eigenvalue weighted by Crippen LogP contribution is 2.30. The number of piperidine rings is 1. The molecule has 0 saturated carbocycles. The fraction of sp³-hybridized carbons (Fsp3) is 0.667. The Morgan fingerprint density at radius 3 is 2.52 bits per heavy atom. The van der Waals surface area contributed by atoms with Crippen molar-refractivity contribution in [2.24, 2.45) is 5.73 Å². The van der Waals surface area contributed by atoms with Crippen LogP contribution in [0.1, 0.15) is 45.1 Å². The summed E-state index contributed by atoms with van der Waals surface area (Å²) in [6, 6.07) is 8.35. The zero-order valence-corrected chi connectivity index (χ0v) is 13.8. The van der Waals surface area contributed by atoms with Gasteiger partial charge in [-0.25, -0.2) is 0 Å². The molecule has 0 spiro atoms. The monoisotopic (exact) mass is 290 g/mol. The third kappa shape index (κ3) is 3.58. The normalized spacial score (nSPS) is 20.8. The number of benzene rings is 1. The van der Waals surface area contributed by atoms with Crippen LogP contribution in [0, 0.1) is 0 Å². The Morgan fingerprint density at radius 2 is 1.90 bits per heavy atom. The van der Waals surface area contributed by atoms with E-state index >= 15 is 0 Å². The molecule has 2 atom stereocenters. The van der Waals surface area contributed by atoms with Crippen molar-refractivity contribution in [2.45, 2.75) is 57.5 Å². The van der Waals surface area contributed by atoms with Crippen molar-refractivity contribution in [3.05, 3.63) is 29.8 Å². The maximum absolute atomic E-state index is 6.65. The fourth-order valence-corrected chi connectivity index (χ4v) is 3.45. The Balaban J connectivity index is 2.13. The predicted molar refractivity (Wildman–Crippen MR) is 88.8 cm³/mol. The van der Waals surface area contributed by atoms with Gasteiger partial charge in [0.25, 0.3) is 0 Å². The number of likely N-dealkylation sites (tertiary alicyclic amines) is 1. The van der Waals surface area contributed by atoms with Crippen LogP contribution >= 0.6 is 0 Å². The lowest BCUT2D eigenvalue weighted by atomic mass is 9.83. The average Bonchev–Trinajstić information content (AvgIpc) is 2.55. The zero-order valence-electron chi connectivity index (χ0n) is 13.8. The lowest BCUT2D eigenvalue weighted by Gasteiger charge is -2.47. The number of hydrogen-bond donors (Lipinski definition) is 1. The molecule has 0 aromatic heterocycles. The predicted octanol–water partition coefficient (Wildman–Crippen LogP) is 3.22. The molecule has 1 saturated heterocycles. The van der Waals surface area contributed by atoms with E-state index < -0.39 is 0 Å². The van der Waals surface area contributed by atoms with Gasteiger partial charge in [0.15, 0.2) is 0 Å². The number of methoxy groups -OCH3 is 1. The van der Waals surface area contributed by atoms with E-state index in [0.29, 0.717) is 0 Å². The number of ether oxygens (including phenoxy) is 1. The third-order valence-corrected chi connectivity index (χ3v) is 5.23. The van der Waals surface area contributed by atoms with Gasteiger partial charge in [0.05, 0.1) is 7.11 Å². The molecule has 2 rings (SSSR count). The molecule has 0 aliphatic carbocycles. The summed E-state index contributed by atoms with van der Waals surface area (Å²) < 4.78 is 5.47. The minimum atomic E-state index is 0.0707. The average molecular weight is 290 g/mol. The number of rotatable bonds is 6. The molecule has 0 bridgehead atoms. The van der Waals surface area contributed by atoms with E-state index in [1.807, 2.05) is 12.1 Å². The molecule has 1 fully saturated rings. The van der Waals surface area contributed by atoms with Crippen molar-refractivity contribution in [3.63, 3.8) is 0 Å². The van der Waals surface area contributed by atoms with Crippen molar-refractivity contribution in [2.75, 3.05) is 20.2 Å². The maximum atomic E-state index is 6.65. The first-order valence-electron chi connectivity index (χ1n) is 8.24. The minimum absolute atomic E-state index is 0.0707. The van der Waals surface area contributed by atoms with E-state index in [0.717, 1.165) is 18.6 Å². The highest BCUT2D eigenvalue weighted by molar-refractivity contribution is 5.34. The van der Waals surface area contributed by atoms with Crippen LogP contribution in [0.5, 0.6) is 5.75 Å². The van der Waals surface area contributed by atoms with E-state index in [1.54, 1.807) is 7.11 Å². The lowest BCUT2D eigenvalue weighted by molar-refractivity contribution is 0.0544. The molecule has 2 N–H and O–H groups in total. The Kier molecular flexibility index (Phi) is 5.65. The van der Waals surface area contributed by atoms with E-state index in [-0.39, 0.29) is 11.6 Å². The molecule has 1 heterocycles. The van der Waals surface area contributed by atoms with Crippen molar-refractivity contribution >= 4 is 0 Å². The van der Waals surface area contributed by atoms with Gasteiger partial charge < -0.3 is 10.5 Å². The summed E-state index contributed by atoms with van der Waals surface area (Å²) >= 11 is 0. The summed E-state index contributed by atoms with van der Waals surface area (Å²) in [5.41, 5.74) is 7.93. The van der Waals surface area contributed by atoms with E-state index in [9.17, 15) is 0 Å². The van der Waals surface area contributed by atoms with E-state index in [4.69, 9.17) is 10.5 Å². The highest BCUT2D eigenvalue weighted by Gasteiger charge is 2.36. The first kappa shape index (κ1) is 16.3. The van der Waals surface area contributed by atoms with Gasteiger partial charge in [0.1, 0.15) is 5.75 Å². The van der Waals surface area contributed by atoms with E-state index in [1.165, 1.54) is 37.9 Å². The highest BCUT2D eigenvalue weighted by atomic mass is 16.5. The minimum Gasteiger partial charge on any atom is -0.496 e. The van der Waals surface area contributed by atoms with Gasteiger partial charge in [-0.05, 0) is 57.3 Å². The standard InChI is InChI=1S/C18H30N2O/c1-4-18(2,20-12-8-5-9-13-20)17(19)14-15-10-6-7-11-16(15)21-3/h6-7,10-11,17H,4-5,8-9,12-14,19H2,1-3H3. The van der Waals surface area contributed by atoms with Crippen LogP contribution in [-0.2, 0) is 6.42 Å². The number of nitrogens with zero attached hydrogens (tertiary/aromatic N) is 1. The third-order valence-electron chi connectivity index (χ3n) is 5.23. The number of nitrogens with two attached hydrogens (primary N) is 1. The molecular formula is C18H30N2O. The van der Waals surface area contributed by atoms with Gasteiger partial charge in [0.2, 0.25) is 0 Å². The molecule has 0 amide bonds. The Labute approximate surface area is 129 Å². The molecule has 21 heavy (non-hydrogen) atoms. The van der Waals surface area contributed by atoms with E-state index in [2.05, 4.69) is 30.9 Å². The van der Waals surface area contributed by atoms with Crippen molar-refractivity contribution in [3.8, 4) is 5.75 Å². The second kappa shape index (κ2) is 7.28. The molecular weight excluding hydrogens is 260 g/mol. The summed E-state index contributed by atoms with van der Waals surface area (Å²) in [7, 11) is 1.73. The smallest absolute Gasteiger partial charge is 0.122 e. The Hall–Kier alpha value is -1.06. The molecule has 3 heteroatoms. The van der Waals surface area contributed by atoms with Crippen LogP contribution in [0.15, 0.2) is 24.3 Å². The van der Waals surface area contributed by atoms with Gasteiger partial charge in [-0.3, -0.25) is 4.90 Å². The van der Waals surface area contributed by atoms with Crippen molar-refractivity contribution in [1.82, 2.24) is 4.90 Å². The van der Waals surface area contributed by atoms with Gasteiger partial charge in [-0.15, -0.1) is 0 Å². The van der Waals surface area contributed by atoms with Crippen LogP contribution in [0.3, 0.4) is 0 Å². The molecule has 2 unspecified atom stereocenters. The molecule has 1 aromatic rings. The zero-order chi connectivity index (χ0) is 15.3. The summed E-state index contributed by atoms with van der Waals surface area (Å²) in [5.74, 6) is 0.949. The van der Waals surface area contributed by atoms with Gasteiger partial charge in [-0.2, -0.15) is 0 Å². The lowest BCUT2D eigenvalue weighted by Crippen LogP contribution is -2.59. The first-order chi connectivity index (χ1) is 10.1. The molecule has 118 valence electrons. The van der Waals surface area contributed by atoms with Crippen molar-refractivity contribution < 1.29 is 4.74 Å². The number of para-hydroxylation sites is 1. The molecule has 1 aliphatic rings. The summed E-state index contributed by atoms with van der Waals surface area (Å²) in [6.07, 6.45) is 5.92. The van der Waals surface area contributed by atoms with Crippen LogP contribution in [-0.4, -0.2) is 36.7 Å². The fourth-order valence-electron chi connectivity index (χ4n) is 3.45. The van der Waals surface area contributed by atoms with Gasteiger partial charge >= 0.3 is 0 Å². The van der Waals surface area contributed by atoms with Crippen LogP contribution in [0.2, 0.25) is 0 Å². The van der Waals surface area contributed by atoms with Crippen LogP contribution in [0.4, 0.5) is 0 Å². The second-order valence-corrected chi connectivity index (χ2v) is 6.38. The second-order valence-electron chi connectivity index (χ2n) is 6.38. The Bertz CT molecular complexity index is 443. The first-order valence-corrected chi connectivity index (χ1v) is 8.24. The summed E-state index contributed by atoms with van der Waals surface area (Å²) in [6.45, 7) is 6.96. The van der Waals surface area contributed by atoms with Crippen LogP contribution < -0.4 is 10.5 Å². The molecule has 0 radical (unpaired) electrons. The largest absolute Gasteiger partial charge is 0.496 e. The van der Waals surface area contributed by atoms with Gasteiger partial charge in [0, 0.05) is 11.6 Å². The molecule has 3 nitrogen and oxygen atoms in total. The molecule has 1 aliphatic heterocycles. The van der Waals surface area contributed by atoms with Crippen LogP contribution in [0.25, 0.3) is 0 Å². The Morgan fingerprint density at radius 1 is 1.24 bits per heavy atom. The SMILES string of the molecule is CCC(C)(C(N)Cc1ccccc1OC)N1CCCCC1. The van der Waals surface area contributed by atoms with Gasteiger partial charge in [-0.1, -0.05) is 31.5 Å². The number of hydrogen-bond acceptors (Lipinski definition) is 3. The quantitative estimate of drug-likeness (QED) is 0.874. The van der Waals surface area contributed by atoms with Crippen molar-refractivity contribution in [1.29, 1.82) is 0 Å². The topological polar surface area (TPSA) is 38.5 Å². The summed E-state index contributed by atoms with van der Waals surface area (Å²) in [4.78, 5) is 2.61. The molecule has 1 aromatic carbocycles.